The molecule has 0 aliphatic rings. The molecule has 2 N–H and O–H groups in total. The third-order valence-electron chi connectivity index (χ3n) is 4.73. The summed E-state index contributed by atoms with van der Waals surface area (Å²) in [7, 11) is 0. The van der Waals surface area contributed by atoms with Crippen LogP contribution in [0.25, 0.3) is 16.3 Å². The number of benzene rings is 1. The molecule has 1 aromatic carbocycles. The molecule has 3 rings (SSSR count). The number of hydrogen-bond acceptors (Lipinski definition) is 3. The van der Waals surface area contributed by atoms with Gasteiger partial charge in [0.25, 0.3) is 5.91 Å². The highest BCUT2D eigenvalue weighted by Crippen LogP contribution is 2.27. The molecule has 2 aromatic heterocycles. The smallest absolute Gasteiger partial charge is 0.255 e. The van der Waals surface area contributed by atoms with Crippen LogP contribution in [0.4, 0.5) is 0 Å². The molecule has 142 valence electrons. The second-order valence-electron chi connectivity index (χ2n) is 6.47. The fraction of sp³-hybridized carbons (Fsp3) is 0.333. The van der Waals surface area contributed by atoms with Crippen molar-refractivity contribution in [2.24, 2.45) is 0 Å². The second kappa shape index (κ2) is 9.48. The lowest BCUT2D eigenvalue weighted by atomic mass is 10.2. The first kappa shape index (κ1) is 19.3. The van der Waals surface area contributed by atoms with Gasteiger partial charge in [-0.05, 0) is 37.4 Å². The summed E-state index contributed by atoms with van der Waals surface area (Å²) in [6.45, 7) is 8.40. The number of nitrogens with one attached hydrogen (secondary N) is 2. The van der Waals surface area contributed by atoms with E-state index < -0.39 is 0 Å². The number of rotatable bonds is 9. The summed E-state index contributed by atoms with van der Waals surface area (Å²) in [4.78, 5) is 15.4. The second-order valence-corrected chi connectivity index (χ2v) is 7.41. The fourth-order valence-corrected chi connectivity index (χ4v) is 3.81. The van der Waals surface area contributed by atoms with Crippen molar-refractivity contribution < 1.29 is 9.69 Å². The van der Waals surface area contributed by atoms with Gasteiger partial charge in [-0.3, -0.25) is 4.79 Å². The van der Waals surface area contributed by atoms with E-state index in [2.05, 4.69) is 24.3 Å². The summed E-state index contributed by atoms with van der Waals surface area (Å²) < 4.78 is 1.78. The molecule has 0 spiro atoms. The van der Waals surface area contributed by atoms with Gasteiger partial charge in [-0.1, -0.05) is 24.3 Å². The first-order valence-electron chi connectivity index (χ1n) is 9.53. The molecule has 0 fully saturated rings. The third-order valence-corrected chi connectivity index (χ3v) is 5.60. The molecule has 0 radical (unpaired) electrons. The average Bonchev–Trinajstić information content (AvgIpc) is 3.38. The van der Waals surface area contributed by atoms with E-state index in [9.17, 15) is 4.79 Å². The minimum absolute atomic E-state index is 0.0601. The number of aromatic nitrogens is 2. The molecule has 2 heterocycles. The van der Waals surface area contributed by atoms with Crippen LogP contribution in [-0.2, 0) is 0 Å². The maximum atomic E-state index is 12.8. The normalized spacial score (nSPS) is 11.1. The quantitative estimate of drug-likeness (QED) is 0.558. The highest BCUT2D eigenvalue weighted by Gasteiger charge is 2.19. The van der Waals surface area contributed by atoms with Crippen molar-refractivity contribution in [1.29, 1.82) is 0 Å². The van der Waals surface area contributed by atoms with Crippen LogP contribution < -0.4 is 10.2 Å². The van der Waals surface area contributed by atoms with Crippen LogP contribution >= 0.6 is 11.3 Å². The summed E-state index contributed by atoms with van der Waals surface area (Å²) in [5.41, 5.74) is 2.30. The fourth-order valence-electron chi connectivity index (χ4n) is 3.09. The van der Waals surface area contributed by atoms with Gasteiger partial charge in [0, 0.05) is 19.2 Å². The molecule has 0 aliphatic carbocycles. The van der Waals surface area contributed by atoms with Crippen LogP contribution in [-0.4, -0.2) is 41.9 Å². The highest BCUT2D eigenvalue weighted by atomic mass is 32.1. The third kappa shape index (κ3) is 4.84. The van der Waals surface area contributed by atoms with Crippen molar-refractivity contribution in [2.45, 2.75) is 20.3 Å². The first-order chi connectivity index (χ1) is 13.2. The van der Waals surface area contributed by atoms with E-state index in [0.29, 0.717) is 12.1 Å². The Labute approximate surface area is 164 Å². The zero-order chi connectivity index (χ0) is 19.1. The Hall–Kier alpha value is -2.44. The predicted molar refractivity (Wildman–Crippen MR) is 111 cm³/mol. The number of carbonyl (C=O) groups excluding carboxylic acids is 1. The molecule has 0 saturated heterocycles. The Bertz CT molecular complexity index is 838. The van der Waals surface area contributed by atoms with Crippen LogP contribution in [0.15, 0.2) is 54.0 Å². The van der Waals surface area contributed by atoms with Crippen molar-refractivity contribution in [2.75, 3.05) is 26.2 Å². The maximum Gasteiger partial charge on any atom is 0.255 e. The van der Waals surface area contributed by atoms with E-state index in [4.69, 9.17) is 0 Å². The Morgan fingerprint density at radius 1 is 1.15 bits per heavy atom. The molecular weight excluding hydrogens is 356 g/mol. The van der Waals surface area contributed by atoms with Gasteiger partial charge in [-0.15, -0.1) is 11.3 Å². The Morgan fingerprint density at radius 2 is 1.93 bits per heavy atom. The van der Waals surface area contributed by atoms with Gasteiger partial charge >= 0.3 is 0 Å². The van der Waals surface area contributed by atoms with E-state index in [-0.39, 0.29) is 5.91 Å². The molecule has 0 saturated carbocycles. The van der Waals surface area contributed by atoms with Crippen LogP contribution in [0.1, 0.15) is 30.6 Å². The first-order valence-corrected chi connectivity index (χ1v) is 10.4. The van der Waals surface area contributed by atoms with Crippen molar-refractivity contribution in [1.82, 2.24) is 15.1 Å². The number of carbonyl (C=O) groups is 1. The van der Waals surface area contributed by atoms with Gasteiger partial charge in [0.1, 0.15) is 5.69 Å². The SMILES string of the molecule is CC[NH+](CC)CCCNC(=O)c1cn(-c2ccccc2)nc1-c1cccs1. The number of hydrogen-bond donors (Lipinski definition) is 2. The molecular formula is C21H27N4OS+. The molecule has 0 atom stereocenters. The van der Waals surface area contributed by atoms with Crippen LogP contribution in [0.5, 0.6) is 0 Å². The van der Waals surface area contributed by atoms with Crippen molar-refractivity contribution in [3.63, 3.8) is 0 Å². The minimum atomic E-state index is -0.0601. The van der Waals surface area contributed by atoms with Gasteiger partial charge in [-0.25, -0.2) is 4.68 Å². The van der Waals surface area contributed by atoms with Gasteiger partial charge in [0.05, 0.1) is 35.8 Å². The molecule has 6 heteroatoms. The largest absolute Gasteiger partial charge is 0.352 e. The summed E-state index contributed by atoms with van der Waals surface area (Å²) in [5, 5.41) is 9.76. The Morgan fingerprint density at radius 3 is 2.59 bits per heavy atom. The minimum Gasteiger partial charge on any atom is -0.352 e. The zero-order valence-corrected chi connectivity index (χ0v) is 16.8. The topological polar surface area (TPSA) is 51.4 Å². The lowest BCUT2D eigenvalue weighted by Crippen LogP contribution is -3.11. The van der Waals surface area contributed by atoms with Crippen molar-refractivity contribution in [3.8, 4) is 16.3 Å². The van der Waals surface area contributed by atoms with Gasteiger partial charge in [-0.2, -0.15) is 5.10 Å². The van der Waals surface area contributed by atoms with Gasteiger partial charge in [0.15, 0.2) is 0 Å². The number of para-hydroxylation sites is 1. The van der Waals surface area contributed by atoms with E-state index in [1.165, 1.54) is 0 Å². The molecule has 3 aromatic rings. The van der Waals surface area contributed by atoms with E-state index in [1.54, 1.807) is 20.9 Å². The molecule has 0 unspecified atom stereocenters. The highest BCUT2D eigenvalue weighted by molar-refractivity contribution is 7.13. The van der Waals surface area contributed by atoms with E-state index >= 15 is 0 Å². The van der Waals surface area contributed by atoms with Gasteiger partial charge in [0.2, 0.25) is 0 Å². The van der Waals surface area contributed by atoms with Crippen LogP contribution in [0, 0.1) is 0 Å². The number of thiophene rings is 1. The number of nitrogens with zero attached hydrogens (tertiary/aromatic N) is 2. The number of quaternary nitrogens is 1. The summed E-state index contributed by atoms with van der Waals surface area (Å²) in [6.07, 6.45) is 2.80. The van der Waals surface area contributed by atoms with E-state index in [1.807, 2.05) is 54.0 Å². The van der Waals surface area contributed by atoms with Gasteiger partial charge < -0.3 is 10.2 Å². The predicted octanol–water partition coefficient (Wildman–Crippen LogP) is 2.65. The van der Waals surface area contributed by atoms with Crippen LogP contribution in [0.3, 0.4) is 0 Å². The molecule has 1 amide bonds. The van der Waals surface area contributed by atoms with Crippen molar-refractivity contribution in [3.05, 3.63) is 59.6 Å². The standard InChI is InChI=1S/C21H26N4OS/c1-3-24(4-2)14-9-13-22-21(26)18-16-25(17-10-6-5-7-11-17)23-20(18)19-12-8-15-27-19/h5-8,10-12,15-16H,3-4,9,13-14H2,1-2H3,(H,22,26)/p+1. The molecule has 27 heavy (non-hydrogen) atoms. The summed E-state index contributed by atoms with van der Waals surface area (Å²) >= 11 is 1.60. The number of amides is 1. The maximum absolute atomic E-state index is 12.8. The average molecular weight is 384 g/mol. The Kier molecular flexibility index (Phi) is 6.79. The monoisotopic (exact) mass is 383 g/mol. The van der Waals surface area contributed by atoms with E-state index in [0.717, 1.165) is 42.3 Å². The molecule has 0 aliphatic heterocycles. The van der Waals surface area contributed by atoms with Crippen LogP contribution in [0.2, 0.25) is 0 Å². The Balaban J connectivity index is 1.75. The zero-order valence-electron chi connectivity index (χ0n) is 15.9. The lowest BCUT2D eigenvalue weighted by Gasteiger charge is -2.15. The van der Waals surface area contributed by atoms with Crippen molar-refractivity contribution >= 4 is 17.2 Å². The molecule has 0 bridgehead atoms. The summed E-state index contributed by atoms with van der Waals surface area (Å²) in [6, 6.07) is 13.9. The summed E-state index contributed by atoms with van der Waals surface area (Å²) in [5.74, 6) is -0.0601. The molecule has 5 nitrogen and oxygen atoms in total. The lowest BCUT2D eigenvalue weighted by molar-refractivity contribution is -0.896.